The average Bonchev–Trinajstić information content (AvgIpc) is 2.81. The van der Waals surface area contributed by atoms with Crippen molar-refractivity contribution in [1.82, 2.24) is 4.98 Å². The van der Waals surface area contributed by atoms with Gasteiger partial charge < -0.3 is 14.5 Å². The van der Waals surface area contributed by atoms with E-state index in [1.807, 2.05) is 0 Å². The quantitative estimate of drug-likeness (QED) is 0.821. The first-order chi connectivity index (χ1) is 8.66. The number of aromatic amines is 1. The van der Waals surface area contributed by atoms with Crippen LogP contribution in [0.15, 0.2) is 16.9 Å². The summed E-state index contributed by atoms with van der Waals surface area (Å²) in [7, 11) is 0. The molecule has 0 aromatic carbocycles. The van der Waals surface area contributed by atoms with Crippen LogP contribution in [0.25, 0.3) is 0 Å². The van der Waals surface area contributed by atoms with Crippen LogP contribution in [0, 0.1) is 6.92 Å². The molecule has 1 aliphatic heterocycles. The molecule has 0 saturated carbocycles. The minimum Gasteiger partial charge on any atom is -0.462 e. The molecule has 98 valence electrons. The number of carbonyl (C=O) groups excluding carboxylic acids is 1. The second-order valence-electron chi connectivity index (χ2n) is 4.44. The van der Waals surface area contributed by atoms with Gasteiger partial charge in [-0.05, 0) is 31.9 Å². The maximum absolute atomic E-state index is 11.7. The molecule has 2 heterocycles. The SMILES string of the molecule is Cc1ccc(C(=O)OCCC2CCCO2)c(=O)[nH]1. The Labute approximate surface area is 105 Å². The molecule has 1 aromatic rings. The minimum absolute atomic E-state index is 0.0490. The van der Waals surface area contributed by atoms with Crippen LogP contribution >= 0.6 is 0 Å². The van der Waals surface area contributed by atoms with Crippen LogP contribution < -0.4 is 5.56 Å². The van der Waals surface area contributed by atoms with Crippen molar-refractivity contribution in [2.75, 3.05) is 13.2 Å². The number of nitrogens with one attached hydrogen (secondary N) is 1. The molecule has 2 rings (SSSR count). The number of ether oxygens (including phenoxy) is 2. The molecular weight excluding hydrogens is 234 g/mol. The summed E-state index contributed by atoms with van der Waals surface area (Å²) in [5.74, 6) is -0.575. The second kappa shape index (κ2) is 5.82. The first kappa shape index (κ1) is 12.8. The highest BCUT2D eigenvalue weighted by Gasteiger charge is 2.17. The van der Waals surface area contributed by atoms with Gasteiger partial charge in [-0.25, -0.2) is 4.79 Å². The maximum atomic E-state index is 11.7. The Morgan fingerprint density at radius 2 is 2.39 bits per heavy atom. The van der Waals surface area contributed by atoms with Crippen LogP contribution in [0.5, 0.6) is 0 Å². The van der Waals surface area contributed by atoms with Crippen molar-refractivity contribution in [3.63, 3.8) is 0 Å². The van der Waals surface area contributed by atoms with Crippen molar-refractivity contribution in [1.29, 1.82) is 0 Å². The van der Waals surface area contributed by atoms with E-state index < -0.39 is 11.5 Å². The topological polar surface area (TPSA) is 68.4 Å². The molecule has 0 aliphatic carbocycles. The molecule has 1 aromatic heterocycles. The largest absolute Gasteiger partial charge is 0.462 e. The zero-order valence-electron chi connectivity index (χ0n) is 10.4. The summed E-state index contributed by atoms with van der Waals surface area (Å²) in [6.45, 7) is 2.83. The van der Waals surface area contributed by atoms with Gasteiger partial charge in [-0.1, -0.05) is 0 Å². The number of esters is 1. The van der Waals surface area contributed by atoms with Crippen LogP contribution in [0.3, 0.4) is 0 Å². The third-order valence-electron chi connectivity index (χ3n) is 2.97. The summed E-state index contributed by atoms with van der Waals surface area (Å²) < 4.78 is 10.5. The van der Waals surface area contributed by atoms with Gasteiger partial charge in [0.2, 0.25) is 0 Å². The fraction of sp³-hybridized carbons (Fsp3) is 0.538. The number of aromatic nitrogens is 1. The lowest BCUT2D eigenvalue weighted by Crippen LogP contribution is -2.21. The summed E-state index contributed by atoms with van der Waals surface area (Å²) >= 11 is 0. The molecule has 1 atom stereocenters. The van der Waals surface area contributed by atoms with Gasteiger partial charge in [-0.15, -0.1) is 0 Å². The molecule has 5 nitrogen and oxygen atoms in total. The van der Waals surface area contributed by atoms with E-state index in [4.69, 9.17) is 9.47 Å². The van der Waals surface area contributed by atoms with Gasteiger partial charge in [0.05, 0.1) is 12.7 Å². The zero-order valence-corrected chi connectivity index (χ0v) is 10.4. The molecular formula is C13H17NO4. The highest BCUT2D eigenvalue weighted by atomic mass is 16.5. The minimum atomic E-state index is -0.575. The fourth-order valence-corrected chi connectivity index (χ4v) is 1.97. The average molecular weight is 251 g/mol. The maximum Gasteiger partial charge on any atom is 0.343 e. The summed E-state index contributed by atoms with van der Waals surface area (Å²) in [5, 5.41) is 0. The number of hydrogen-bond donors (Lipinski definition) is 1. The Bertz CT molecular complexity index is 474. The molecule has 0 amide bonds. The van der Waals surface area contributed by atoms with Crippen molar-refractivity contribution >= 4 is 5.97 Å². The molecule has 0 bridgehead atoms. The number of H-pyrrole nitrogens is 1. The first-order valence-corrected chi connectivity index (χ1v) is 6.15. The molecule has 1 aliphatic rings. The van der Waals surface area contributed by atoms with Crippen LogP contribution in [0.4, 0.5) is 0 Å². The highest BCUT2D eigenvalue weighted by molar-refractivity contribution is 5.88. The predicted octanol–water partition coefficient (Wildman–Crippen LogP) is 1.41. The van der Waals surface area contributed by atoms with E-state index in [1.165, 1.54) is 6.07 Å². The normalized spacial score (nSPS) is 18.8. The van der Waals surface area contributed by atoms with Gasteiger partial charge in [0.25, 0.3) is 5.56 Å². The van der Waals surface area contributed by atoms with Gasteiger partial charge in [-0.2, -0.15) is 0 Å². The van der Waals surface area contributed by atoms with Crippen molar-refractivity contribution < 1.29 is 14.3 Å². The van der Waals surface area contributed by atoms with E-state index >= 15 is 0 Å². The van der Waals surface area contributed by atoms with Crippen molar-refractivity contribution in [2.45, 2.75) is 32.3 Å². The monoisotopic (exact) mass is 251 g/mol. The molecule has 0 spiro atoms. The summed E-state index contributed by atoms with van der Waals surface area (Å²) in [6, 6.07) is 3.17. The van der Waals surface area contributed by atoms with Gasteiger partial charge in [0.1, 0.15) is 5.56 Å². The highest BCUT2D eigenvalue weighted by Crippen LogP contribution is 2.15. The van der Waals surface area contributed by atoms with E-state index in [9.17, 15) is 9.59 Å². The third kappa shape index (κ3) is 3.20. The van der Waals surface area contributed by atoms with Crippen LogP contribution in [-0.4, -0.2) is 30.3 Å². The number of hydrogen-bond acceptors (Lipinski definition) is 4. The first-order valence-electron chi connectivity index (χ1n) is 6.15. The lowest BCUT2D eigenvalue weighted by atomic mass is 10.2. The lowest BCUT2D eigenvalue weighted by Gasteiger charge is -2.09. The lowest BCUT2D eigenvalue weighted by molar-refractivity contribution is 0.0384. The Hall–Kier alpha value is -1.62. The molecule has 1 saturated heterocycles. The van der Waals surface area contributed by atoms with Crippen LogP contribution in [0.2, 0.25) is 0 Å². The van der Waals surface area contributed by atoms with Crippen LogP contribution in [0.1, 0.15) is 35.3 Å². The van der Waals surface area contributed by atoms with Gasteiger partial charge >= 0.3 is 5.97 Å². The van der Waals surface area contributed by atoms with E-state index in [0.29, 0.717) is 6.42 Å². The Morgan fingerprint density at radius 1 is 1.56 bits per heavy atom. The van der Waals surface area contributed by atoms with Crippen molar-refractivity contribution in [2.24, 2.45) is 0 Å². The predicted molar refractivity (Wildman–Crippen MR) is 65.7 cm³/mol. The number of aryl methyl sites for hydroxylation is 1. The smallest absolute Gasteiger partial charge is 0.343 e. The summed E-state index contributed by atoms with van der Waals surface area (Å²) in [6.07, 6.45) is 2.96. The number of pyridine rings is 1. The van der Waals surface area contributed by atoms with Crippen molar-refractivity contribution in [3.8, 4) is 0 Å². The van der Waals surface area contributed by atoms with Crippen LogP contribution in [-0.2, 0) is 9.47 Å². The molecule has 1 unspecified atom stereocenters. The second-order valence-corrected chi connectivity index (χ2v) is 4.44. The molecule has 0 radical (unpaired) electrons. The Morgan fingerprint density at radius 3 is 3.06 bits per heavy atom. The molecule has 1 fully saturated rings. The van der Waals surface area contributed by atoms with Gasteiger partial charge in [0.15, 0.2) is 0 Å². The van der Waals surface area contributed by atoms with E-state index in [2.05, 4.69) is 4.98 Å². The molecule has 1 N–H and O–H groups in total. The number of carbonyl (C=O) groups is 1. The zero-order chi connectivity index (χ0) is 13.0. The van der Waals surface area contributed by atoms with Crippen molar-refractivity contribution in [3.05, 3.63) is 33.7 Å². The van der Waals surface area contributed by atoms with E-state index in [-0.39, 0.29) is 18.3 Å². The molecule has 5 heteroatoms. The standard InChI is InChI=1S/C13H17NO4/c1-9-4-5-11(12(15)14-9)13(16)18-8-6-10-3-2-7-17-10/h4-5,10H,2-3,6-8H2,1H3,(H,14,15). The Balaban J connectivity index is 1.85. The Kier molecular flexibility index (Phi) is 4.15. The third-order valence-corrected chi connectivity index (χ3v) is 2.97. The summed E-state index contributed by atoms with van der Waals surface area (Å²) in [5.41, 5.74) is 0.362. The number of rotatable bonds is 4. The molecule has 18 heavy (non-hydrogen) atoms. The van der Waals surface area contributed by atoms with E-state index in [1.54, 1.807) is 13.0 Å². The van der Waals surface area contributed by atoms with E-state index in [0.717, 1.165) is 25.1 Å². The van der Waals surface area contributed by atoms with Gasteiger partial charge in [-0.3, -0.25) is 4.79 Å². The van der Waals surface area contributed by atoms with Gasteiger partial charge in [0, 0.05) is 18.7 Å². The fourth-order valence-electron chi connectivity index (χ4n) is 1.97. The summed E-state index contributed by atoms with van der Waals surface area (Å²) in [4.78, 5) is 25.8.